The Labute approximate surface area is 135 Å². The molecule has 0 aromatic rings. The van der Waals surface area contributed by atoms with Gasteiger partial charge in [-0.05, 0) is 63.7 Å². The summed E-state index contributed by atoms with van der Waals surface area (Å²) in [6.45, 7) is 12.3. The minimum atomic E-state index is -0.393. The molecule has 22 heavy (non-hydrogen) atoms. The van der Waals surface area contributed by atoms with Crippen molar-refractivity contribution in [3.8, 4) is 0 Å². The van der Waals surface area contributed by atoms with Crippen molar-refractivity contribution in [2.45, 2.75) is 71.6 Å². The first-order valence-corrected chi connectivity index (χ1v) is 8.98. The Kier molecular flexibility index (Phi) is 4.17. The van der Waals surface area contributed by atoms with Gasteiger partial charge in [-0.2, -0.15) is 0 Å². The third kappa shape index (κ3) is 3.42. The van der Waals surface area contributed by atoms with Crippen molar-refractivity contribution < 1.29 is 9.53 Å². The highest BCUT2D eigenvalue weighted by Crippen LogP contribution is 2.47. The molecule has 3 aliphatic rings. The first-order valence-electron chi connectivity index (χ1n) is 8.98. The van der Waals surface area contributed by atoms with Gasteiger partial charge in [0.25, 0.3) is 0 Å². The number of fused-ring (bicyclic) bond motifs is 1. The minimum absolute atomic E-state index is 0.140. The SMILES string of the molecule is CC1CCC(NC2C3CN(C(=O)OC(C)(C)C)CC32)C(C)C1. The Hall–Kier alpha value is -0.770. The molecule has 4 nitrogen and oxygen atoms in total. The van der Waals surface area contributed by atoms with Gasteiger partial charge in [0.15, 0.2) is 0 Å². The van der Waals surface area contributed by atoms with Gasteiger partial charge in [0, 0.05) is 25.2 Å². The quantitative estimate of drug-likeness (QED) is 0.851. The van der Waals surface area contributed by atoms with E-state index in [0.717, 1.165) is 24.9 Å². The highest BCUT2D eigenvalue weighted by atomic mass is 16.6. The Morgan fingerprint density at radius 2 is 1.77 bits per heavy atom. The molecule has 126 valence electrons. The molecule has 1 amide bonds. The smallest absolute Gasteiger partial charge is 0.410 e. The number of carbonyl (C=O) groups excluding carboxylic acids is 1. The number of piperidine rings is 1. The zero-order valence-corrected chi connectivity index (χ0v) is 14.8. The molecule has 3 fully saturated rings. The van der Waals surface area contributed by atoms with Crippen LogP contribution in [0.1, 0.15) is 53.9 Å². The molecule has 3 rings (SSSR count). The van der Waals surface area contributed by atoms with E-state index in [1.807, 2.05) is 25.7 Å². The first-order chi connectivity index (χ1) is 10.2. The summed E-state index contributed by atoms with van der Waals surface area (Å²) >= 11 is 0. The minimum Gasteiger partial charge on any atom is -0.444 e. The summed E-state index contributed by atoms with van der Waals surface area (Å²) in [5.74, 6) is 2.97. The predicted octanol–water partition coefficient (Wildman–Crippen LogP) is 3.27. The molecule has 0 radical (unpaired) electrons. The maximum atomic E-state index is 12.1. The number of nitrogens with one attached hydrogen (secondary N) is 1. The lowest BCUT2D eigenvalue weighted by Gasteiger charge is -2.34. The molecule has 1 N–H and O–H groups in total. The molecule has 0 aromatic carbocycles. The van der Waals surface area contributed by atoms with E-state index in [2.05, 4.69) is 19.2 Å². The molecule has 0 bridgehead atoms. The fraction of sp³-hybridized carbons (Fsp3) is 0.944. The first kappa shape index (κ1) is 16.1. The van der Waals surface area contributed by atoms with Gasteiger partial charge in [-0.25, -0.2) is 4.79 Å². The number of amides is 1. The molecular weight excluding hydrogens is 276 g/mol. The fourth-order valence-corrected chi connectivity index (χ4v) is 4.41. The monoisotopic (exact) mass is 308 g/mol. The van der Waals surface area contributed by atoms with E-state index in [9.17, 15) is 4.79 Å². The normalized spacial score (nSPS) is 41.2. The van der Waals surface area contributed by atoms with Crippen LogP contribution in [-0.2, 0) is 4.74 Å². The van der Waals surface area contributed by atoms with E-state index >= 15 is 0 Å². The molecule has 1 heterocycles. The molecule has 1 aliphatic heterocycles. The van der Waals surface area contributed by atoms with Gasteiger partial charge < -0.3 is 15.0 Å². The van der Waals surface area contributed by atoms with Crippen LogP contribution in [0.2, 0.25) is 0 Å². The van der Waals surface area contributed by atoms with Crippen LogP contribution >= 0.6 is 0 Å². The van der Waals surface area contributed by atoms with Crippen molar-refractivity contribution in [3.05, 3.63) is 0 Å². The van der Waals surface area contributed by atoms with Crippen LogP contribution in [0, 0.1) is 23.7 Å². The Morgan fingerprint density at radius 1 is 1.14 bits per heavy atom. The van der Waals surface area contributed by atoms with Crippen LogP contribution in [0.25, 0.3) is 0 Å². The van der Waals surface area contributed by atoms with Gasteiger partial charge in [0.2, 0.25) is 0 Å². The zero-order chi connectivity index (χ0) is 16.1. The fourth-order valence-electron chi connectivity index (χ4n) is 4.41. The number of rotatable bonds is 2. The van der Waals surface area contributed by atoms with Crippen LogP contribution in [-0.4, -0.2) is 41.8 Å². The molecule has 2 saturated carbocycles. The van der Waals surface area contributed by atoms with Crippen LogP contribution in [0.5, 0.6) is 0 Å². The average molecular weight is 308 g/mol. The summed E-state index contributed by atoms with van der Waals surface area (Å²) < 4.78 is 5.47. The summed E-state index contributed by atoms with van der Waals surface area (Å²) in [7, 11) is 0. The maximum Gasteiger partial charge on any atom is 0.410 e. The molecule has 1 saturated heterocycles. The summed E-state index contributed by atoms with van der Waals surface area (Å²) in [6.07, 6.45) is 3.88. The van der Waals surface area contributed by atoms with Gasteiger partial charge in [0.1, 0.15) is 5.60 Å². The van der Waals surface area contributed by atoms with E-state index in [4.69, 9.17) is 4.74 Å². The van der Waals surface area contributed by atoms with Crippen LogP contribution < -0.4 is 5.32 Å². The highest BCUT2D eigenvalue weighted by Gasteiger charge is 2.57. The summed E-state index contributed by atoms with van der Waals surface area (Å²) in [4.78, 5) is 14.0. The molecule has 4 heteroatoms. The number of hydrogen-bond donors (Lipinski definition) is 1. The van der Waals surface area contributed by atoms with Gasteiger partial charge in [-0.1, -0.05) is 13.8 Å². The summed E-state index contributed by atoms with van der Waals surface area (Å²) in [5, 5.41) is 3.89. The van der Waals surface area contributed by atoms with E-state index in [1.54, 1.807) is 0 Å². The van der Waals surface area contributed by atoms with Gasteiger partial charge in [-0.3, -0.25) is 0 Å². The molecule has 2 aliphatic carbocycles. The van der Waals surface area contributed by atoms with Crippen molar-refractivity contribution in [1.82, 2.24) is 10.2 Å². The van der Waals surface area contributed by atoms with E-state index in [-0.39, 0.29) is 6.09 Å². The third-order valence-corrected chi connectivity index (χ3v) is 5.68. The van der Waals surface area contributed by atoms with Gasteiger partial charge >= 0.3 is 6.09 Å². The molecule has 5 atom stereocenters. The van der Waals surface area contributed by atoms with Crippen molar-refractivity contribution in [3.63, 3.8) is 0 Å². The van der Waals surface area contributed by atoms with Crippen molar-refractivity contribution in [1.29, 1.82) is 0 Å². The maximum absolute atomic E-state index is 12.1. The van der Waals surface area contributed by atoms with Crippen molar-refractivity contribution in [2.75, 3.05) is 13.1 Å². The lowest BCUT2D eigenvalue weighted by Crippen LogP contribution is -2.44. The van der Waals surface area contributed by atoms with Gasteiger partial charge in [-0.15, -0.1) is 0 Å². The van der Waals surface area contributed by atoms with Crippen LogP contribution in [0.15, 0.2) is 0 Å². The third-order valence-electron chi connectivity index (χ3n) is 5.68. The average Bonchev–Trinajstić information content (AvgIpc) is 2.81. The number of carbonyl (C=O) groups is 1. The number of hydrogen-bond acceptors (Lipinski definition) is 3. The van der Waals surface area contributed by atoms with E-state index in [0.29, 0.717) is 23.9 Å². The Morgan fingerprint density at radius 3 is 2.32 bits per heavy atom. The lowest BCUT2D eigenvalue weighted by atomic mass is 9.80. The van der Waals surface area contributed by atoms with Gasteiger partial charge in [0.05, 0.1) is 0 Å². The number of likely N-dealkylation sites (tertiary alicyclic amines) is 1. The molecule has 0 spiro atoms. The molecule has 0 aromatic heterocycles. The topological polar surface area (TPSA) is 41.6 Å². The van der Waals surface area contributed by atoms with Crippen molar-refractivity contribution in [2.24, 2.45) is 23.7 Å². The van der Waals surface area contributed by atoms with Crippen molar-refractivity contribution >= 4 is 6.09 Å². The number of ether oxygens (including phenoxy) is 1. The molecule has 5 unspecified atom stereocenters. The largest absolute Gasteiger partial charge is 0.444 e. The molecular formula is C18H32N2O2. The Bertz CT molecular complexity index is 419. The summed E-state index contributed by atoms with van der Waals surface area (Å²) in [5.41, 5.74) is -0.393. The lowest BCUT2D eigenvalue weighted by molar-refractivity contribution is 0.0267. The standard InChI is InChI=1S/C18H32N2O2/c1-11-6-7-15(12(2)8-11)19-16-13-9-20(10-14(13)16)17(21)22-18(3,4)5/h11-16,19H,6-10H2,1-5H3. The van der Waals surface area contributed by atoms with E-state index in [1.165, 1.54) is 19.3 Å². The second-order valence-electron chi connectivity index (χ2n) is 8.91. The highest BCUT2D eigenvalue weighted by molar-refractivity contribution is 5.69. The number of nitrogens with zero attached hydrogens (tertiary/aromatic N) is 1. The zero-order valence-electron chi connectivity index (χ0n) is 14.8. The predicted molar refractivity (Wildman–Crippen MR) is 87.7 cm³/mol. The van der Waals surface area contributed by atoms with Crippen LogP contribution in [0.4, 0.5) is 4.79 Å². The second-order valence-corrected chi connectivity index (χ2v) is 8.91. The van der Waals surface area contributed by atoms with E-state index < -0.39 is 5.60 Å². The Balaban J connectivity index is 1.44. The second kappa shape index (κ2) is 5.70. The summed E-state index contributed by atoms with van der Waals surface area (Å²) in [6, 6.07) is 1.32. The van der Waals surface area contributed by atoms with Crippen LogP contribution in [0.3, 0.4) is 0 Å².